The van der Waals surface area contributed by atoms with Gasteiger partial charge >= 0.3 is 0 Å². The van der Waals surface area contributed by atoms with E-state index in [2.05, 4.69) is 25.7 Å². The molecule has 1 saturated heterocycles. The summed E-state index contributed by atoms with van der Waals surface area (Å²) in [5, 5.41) is 7.57. The van der Waals surface area contributed by atoms with Gasteiger partial charge in [0.15, 0.2) is 0 Å². The number of nitrogens with one attached hydrogen (secondary N) is 1. The summed E-state index contributed by atoms with van der Waals surface area (Å²) in [5.74, 6) is -0.0351. The average Bonchev–Trinajstić information content (AvgIpc) is 2.76. The van der Waals surface area contributed by atoms with Gasteiger partial charge in [-0.2, -0.15) is 0 Å². The smallest absolute Gasteiger partial charge is 0.136 e. The van der Waals surface area contributed by atoms with Crippen molar-refractivity contribution in [3.05, 3.63) is 29.6 Å². The molecular formula is C15H22FN3. The normalized spacial score (nSPS) is 19.8. The number of nitrogens with two attached hydrogens (primary N) is 1. The molecule has 3 N–H and O–H groups in total. The monoisotopic (exact) mass is 263 g/mol. The van der Waals surface area contributed by atoms with Crippen LogP contribution >= 0.6 is 0 Å². The average molecular weight is 263 g/mol. The minimum Gasteiger partial charge on any atom is -0.384 e. The number of nitrogen functional groups attached to an aromatic ring is 1. The molecule has 1 atom stereocenters. The highest BCUT2D eigenvalue weighted by Gasteiger charge is 2.33. The lowest BCUT2D eigenvalue weighted by Gasteiger charge is -2.28. The van der Waals surface area contributed by atoms with Crippen LogP contribution < -0.4 is 10.6 Å². The Bertz CT molecular complexity index is 491. The summed E-state index contributed by atoms with van der Waals surface area (Å²) in [6.45, 7) is 8.49. The van der Waals surface area contributed by atoms with Crippen molar-refractivity contribution < 1.29 is 4.39 Å². The highest BCUT2D eigenvalue weighted by atomic mass is 19.1. The lowest BCUT2D eigenvalue weighted by atomic mass is 9.80. The van der Waals surface area contributed by atoms with Crippen LogP contribution in [0.1, 0.15) is 32.8 Å². The summed E-state index contributed by atoms with van der Waals surface area (Å²) in [4.78, 5) is 2.15. The molecule has 0 spiro atoms. The van der Waals surface area contributed by atoms with E-state index in [0.29, 0.717) is 5.92 Å². The van der Waals surface area contributed by atoms with Gasteiger partial charge in [0.25, 0.3) is 0 Å². The van der Waals surface area contributed by atoms with Crippen LogP contribution in [0.4, 0.5) is 10.1 Å². The second-order valence-electron chi connectivity index (χ2n) is 6.35. The Morgan fingerprint density at radius 3 is 2.63 bits per heavy atom. The molecule has 0 bridgehead atoms. The Labute approximate surface area is 114 Å². The van der Waals surface area contributed by atoms with E-state index in [1.165, 1.54) is 6.07 Å². The van der Waals surface area contributed by atoms with Crippen LogP contribution in [-0.4, -0.2) is 18.9 Å². The molecule has 1 fully saturated rings. The Morgan fingerprint density at radius 2 is 2.11 bits per heavy atom. The van der Waals surface area contributed by atoms with Crippen LogP contribution in [0.3, 0.4) is 0 Å². The molecule has 1 aromatic carbocycles. The number of benzene rings is 1. The first kappa shape index (κ1) is 13.8. The van der Waals surface area contributed by atoms with E-state index in [1.807, 2.05) is 6.07 Å². The molecule has 104 valence electrons. The van der Waals surface area contributed by atoms with Gasteiger partial charge in [0.1, 0.15) is 11.7 Å². The molecule has 3 nitrogen and oxygen atoms in total. The molecule has 0 aliphatic carbocycles. The molecule has 1 heterocycles. The molecule has 19 heavy (non-hydrogen) atoms. The first-order chi connectivity index (χ1) is 8.80. The van der Waals surface area contributed by atoms with Gasteiger partial charge in [-0.15, -0.1) is 0 Å². The van der Waals surface area contributed by atoms with Crippen molar-refractivity contribution in [2.75, 3.05) is 18.0 Å². The van der Waals surface area contributed by atoms with Gasteiger partial charge in [0.05, 0.1) is 11.3 Å². The number of rotatable bonds is 2. The third-order valence-electron chi connectivity index (χ3n) is 4.01. The largest absolute Gasteiger partial charge is 0.384 e. The molecule has 1 aliphatic heterocycles. The lowest BCUT2D eigenvalue weighted by molar-refractivity contribution is 0.263. The van der Waals surface area contributed by atoms with Gasteiger partial charge in [0, 0.05) is 13.1 Å². The summed E-state index contributed by atoms with van der Waals surface area (Å²) < 4.78 is 13.8. The standard InChI is InChI=1S/C15H22FN3/c1-15(2,3)10-7-8-19(9-10)12-6-4-5-11(16)13(12)14(17)18/h4-6,10H,7-9H2,1-3H3,(H3,17,18). The maximum atomic E-state index is 13.8. The van der Waals surface area contributed by atoms with E-state index in [-0.39, 0.29) is 16.8 Å². The Morgan fingerprint density at radius 1 is 1.42 bits per heavy atom. The van der Waals surface area contributed by atoms with Crippen molar-refractivity contribution in [2.24, 2.45) is 17.1 Å². The van der Waals surface area contributed by atoms with Gasteiger partial charge in [-0.25, -0.2) is 4.39 Å². The topological polar surface area (TPSA) is 53.1 Å². The van der Waals surface area contributed by atoms with Crippen LogP contribution in [0.2, 0.25) is 0 Å². The molecule has 2 rings (SSSR count). The zero-order chi connectivity index (χ0) is 14.2. The molecule has 1 aromatic rings. The van der Waals surface area contributed by atoms with Crippen molar-refractivity contribution in [1.82, 2.24) is 0 Å². The van der Waals surface area contributed by atoms with Gasteiger partial charge in [-0.1, -0.05) is 26.8 Å². The first-order valence-corrected chi connectivity index (χ1v) is 6.68. The van der Waals surface area contributed by atoms with E-state index in [1.54, 1.807) is 6.07 Å². The summed E-state index contributed by atoms with van der Waals surface area (Å²) in [5.41, 5.74) is 6.75. The third-order valence-corrected chi connectivity index (χ3v) is 4.01. The number of halogens is 1. The highest BCUT2D eigenvalue weighted by Crippen LogP contribution is 2.36. The van der Waals surface area contributed by atoms with E-state index in [0.717, 1.165) is 25.2 Å². The second kappa shape index (κ2) is 4.83. The van der Waals surface area contributed by atoms with Gasteiger partial charge in [0.2, 0.25) is 0 Å². The van der Waals surface area contributed by atoms with Crippen LogP contribution in [0.25, 0.3) is 0 Å². The number of nitrogens with zero attached hydrogens (tertiary/aromatic N) is 1. The summed E-state index contributed by atoms with van der Waals surface area (Å²) >= 11 is 0. The van der Waals surface area contributed by atoms with Crippen molar-refractivity contribution in [3.63, 3.8) is 0 Å². The Balaban J connectivity index is 2.30. The molecule has 0 amide bonds. The molecule has 1 aliphatic rings. The minimum absolute atomic E-state index is 0.202. The van der Waals surface area contributed by atoms with Crippen molar-refractivity contribution in [1.29, 1.82) is 5.41 Å². The fourth-order valence-electron chi connectivity index (χ4n) is 2.73. The maximum absolute atomic E-state index is 13.8. The van der Waals surface area contributed by atoms with E-state index >= 15 is 0 Å². The predicted molar refractivity (Wildman–Crippen MR) is 77.2 cm³/mol. The van der Waals surface area contributed by atoms with Crippen LogP contribution in [0, 0.1) is 22.6 Å². The molecule has 0 saturated carbocycles. The molecule has 4 heteroatoms. The number of amidine groups is 1. The second-order valence-corrected chi connectivity index (χ2v) is 6.35. The van der Waals surface area contributed by atoms with E-state index < -0.39 is 5.82 Å². The molecule has 1 unspecified atom stereocenters. The lowest BCUT2D eigenvalue weighted by Crippen LogP contribution is -2.28. The van der Waals surface area contributed by atoms with Crippen LogP contribution in [0.5, 0.6) is 0 Å². The van der Waals surface area contributed by atoms with Crippen molar-refractivity contribution in [2.45, 2.75) is 27.2 Å². The maximum Gasteiger partial charge on any atom is 0.136 e. The van der Waals surface area contributed by atoms with Crippen molar-refractivity contribution >= 4 is 11.5 Å². The fourth-order valence-corrected chi connectivity index (χ4v) is 2.73. The van der Waals surface area contributed by atoms with Crippen LogP contribution in [-0.2, 0) is 0 Å². The number of hydrogen-bond acceptors (Lipinski definition) is 2. The van der Waals surface area contributed by atoms with E-state index in [4.69, 9.17) is 11.1 Å². The molecular weight excluding hydrogens is 241 g/mol. The van der Waals surface area contributed by atoms with Gasteiger partial charge in [-0.3, -0.25) is 5.41 Å². The zero-order valence-corrected chi connectivity index (χ0v) is 11.8. The highest BCUT2D eigenvalue weighted by molar-refractivity contribution is 6.00. The molecule has 0 radical (unpaired) electrons. The molecule has 0 aromatic heterocycles. The van der Waals surface area contributed by atoms with Crippen LogP contribution in [0.15, 0.2) is 18.2 Å². The summed E-state index contributed by atoms with van der Waals surface area (Å²) in [6, 6.07) is 4.89. The Hall–Kier alpha value is -1.58. The number of anilines is 1. The predicted octanol–water partition coefficient (Wildman–Crippen LogP) is 2.98. The minimum atomic E-state index is -0.413. The SMILES string of the molecule is CC(C)(C)C1CCN(c2cccc(F)c2C(=N)N)C1. The third kappa shape index (κ3) is 2.72. The first-order valence-electron chi connectivity index (χ1n) is 6.68. The number of hydrogen-bond donors (Lipinski definition) is 2. The summed E-state index contributed by atoms with van der Waals surface area (Å²) in [6.07, 6.45) is 1.09. The Kier molecular flexibility index (Phi) is 3.52. The fraction of sp³-hybridized carbons (Fsp3) is 0.533. The van der Waals surface area contributed by atoms with Gasteiger partial charge < -0.3 is 10.6 Å². The van der Waals surface area contributed by atoms with Gasteiger partial charge in [-0.05, 0) is 29.9 Å². The zero-order valence-electron chi connectivity index (χ0n) is 11.8. The van der Waals surface area contributed by atoms with E-state index in [9.17, 15) is 4.39 Å². The quantitative estimate of drug-likeness (QED) is 0.636. The summed E-state index contributed by atoms with van der Waals surface area (Å²) in [7, 11) is 0. The van der Waals surface area contributed by atoms with Crippen molar-refractivity contribution in [3.8, 4) is 0 Å².